The Morgan fingerprint density at radius 2 is 2.00 bits per heavy atom. The number of halogens is 4. The van der Waals surface area contributed by atoms with Crippen molar-refractivity contribution in [3.05, 3.63) is 34.3 Å². The molecule has 0 saturated carbocycles. The average molecular weight is 294 g/mol. The molecule has 0 aromatic heterocycles. The molecule has 1 N–H and O–H groups in total. The quantitative estimate of drug-likeness (QED) is 0.775. The van der Waals surface area contributed by atoms with E-state index in [2.05, 4.69) is 5.32 Å². The van der Waals surface area contributed by atoms with Gasteiger partial charge in [-0.05, 0) is 37.4 Å². The van der Waals surface area contributed by atoms with Gasteiger partial charge in [-0.1, -0.05) is 36.7 Å². The predicted octanol–water partition coefficient (Wildman–Crippen LogP) is 5.03. The molecule has 1 unspecified atom stereocenters. The molecule has 0 bridgehead atoms. The highest BCUT2D eigenvalue weighted by Crippen LogP contribution is 2.32. The summed E-state index contributed by atoms with van der Waals surface area (Å²) < 4.78 is 37.1. The lowest BCUT2D eigenvalue weighted by atomic mass is 9.99. The van der Waals surface area contributed by atoms with E-state index in [0.717, 1.165) is 17.5 Å². The monoisotopic (exact) mass is 293 g/mol. The van der Waals surface area contributed by atoms with Crippen molar-refractivity contribution in [3.8, 4) is 0 Å². The first-order chi connectivity index (χ1) is 8.85. The van der Waals surface area contributed by atoms with E-state index in [1.54, 1.807) is 6.07 Å². The largest absolute Gasteiger partial charge is 0.389 e. The molecule has 1 atom stereocenters. The van der Waals surface area contributed by atoms with Crippen LogP contribution in [0.5, 0.6) is 0 Å². The van der Waals surface area contributed by atoms with Crippen LogP contribution in [0, 0.1) is 6.92 Å². The van der Waals surface area contributed by atoms with Crippen LogP contribution in [-0.4, -0.2) is 12.7 Å². The normalized spacial score (nSPS) is 13.6. The Kier molecular flexibility index (Phi) is 6.14. The third-order valence-electron chi connectivity index (χ3n) is 2.95. The second-order valence-electron chi connectivity index (χ2n) is 4.64. The fraction of sp³-hybridized carbons (Fsp3) is 0.571. The zero-order valence-electron chi connectivity index (χ0n) is 11.1. The van der Waals surface area contributed by atoms with Crippen molar-refractivity contribution in [1.29, 1.82) is 0 Å². The van der Waals surface area contributed by atoms with E-state index < -0.39 is 12.6 Å². The Morgan fingerprint density at radius 3 is 2.58 bits per heavy atom. The number of benzene rings is 1. The molecule has 0 heterocycles. The van der Waals surface area contributed by atoms with Crippen LogP contribution in [0.25, 0.3) is 0 Å². The smallest absolute Gasteiger partial charge is 0.310 e. The first-order valence-electron chi connectivity index (χ1n) is 6.40. The Balaban J connectivity index is 2.86. The summed E-state index contributed by atoms with van der Waals surface area (Å²) in [7, 11) is 0. The highest BCUT2D eigenvalue weighted by atomic mass is 35.5. The minimum atomic E-state index is -4.14. The topological polar surface area (TPSA) is 12.0 Å². The van der Waals surface area contributed by atoms with Gasteiger partial charge in [-0.3, -0.25) is 0 Å². The number of nitrogens with one attached hydrogen (secondary N) is 1. The van der Waals surface area contributed by atoms with Crippen LogP contribution in [0.3, 0.4) is 0 Å². The molecule has 0 fully saturated rings. The summed E-state index contributed by atoms with van der Waals surface area (Å²) in [4.78, 5) is 0. The van der Waals surface area contributed by atoms with Crippen molar-refractivity contribution in [2.24, 2.45) is 0 Å². The minimum absolute atomic E-state index is 0.00662. The Labute approximate surface area is 117 Å². The third-order valence-corrected chi connectivity index (χ3v) is 3.47. The van der Waals surface area contributed by atoms with Crippen molar-refractivity contribution in [2.75, 3.05) is 6.54 Å². The van der Waals surface area contributed by atoms with Gasteiger partial charge in [0.15, 0.2) is 0 Å². The van der Waals surface area contributed by atoms with Crippen LogP contribution >= 0.6 is 11.6 Å². The van der Waals surface area contributed by atoms with Crippen LogP contribution in [0.1, 0.15) is 43.4 Å². The summed E-state index contributed by atoms with van der Waals surface area (Å²) in [6.07, 6.45) is -4.07. The summed E-state index contributed by atoms with van der Waals surface area (Å²) in [6.45, 7) is 4.50. The third kappa shape index (κ3) is 5.41. The van der Waals surface area contributed by atoms with Gasteiger partial charge in [-0.15, -0.1) is 0 Å². The van der Waals surface area contributed by atoms with Crippen molar-refractivity contribution >= 4 is 11.6 Å². The van der Waals surface area contributed by atoms with Crippen LogP contribution < -0.4 is 5.32 Å². The van der Waals surface area contributed by atoms with Crippen molar-refractivity contribution in [3.63, 3.8) is 0 Å². The molecule has 0 saturated heterocycles. The van der Waals surface area contributed by atoms with E-state index in [9.17, 15) is 13.2 Å². The molecule has 5 heteroatoms. The molecule has 1 aromatic carbocycles. The van der Waals surface area contributed by atoms with E-state index in [0.29, 0.717) is 11.6 Å². The summed E-state index contributed by atoms with van der Waals surface area (Å²) in [5, 5.41) is 3.70. The summed E-state index contributed by atoms with van der Waals surface area (Å²) in [5.41, 5.74) is 1.63. The van der Waals surface area contributed by atoms with Crippen LogP contribution in [-0.2, 0) is 0 Å². The number of hydrogen-bond acceptors (Lipinski definition) is 1. The van der Waals surface area contributed by atoms with Gasteiger partial charge in [-0.2, -0.15) is 13.2 Å². The molecule has 0 aliphatic heterocycles. The molecule has 1 rings (SSSR count). The fourth-order valence-electron chi connectivity index (χ4n) is 1.93. The SMILES string of the molecule is CCCNC(CCC(F)(F)F)c1cccc(C)c1Cl. The van der Waals surface area contributed by atoms with E-state index in [4.69, 9.17) is 11.6 Å². The van der Waals surface area contributed by atoms with Crippen molar-refractivity contribution in [2.45, 2.75) is 45.3 Å². The minimum Gasteiger partial charge on any atom is -0.310 e. The number of alkyl halides is 3. The Bertz CT molecular complexity index is 404. The Hall–Kier alpha value is -0.740. The number of aryl methyl sites for hydroxylation is 1. The lowest BCUT2D eigenvalue weighted by Crippen LogP contribution is -2.24. The van der Waals surface area contributed by atoms with Crippen molar-refractivity contribution < 1.29 is 13.2 Å². The van der Waals surface area contributed by atoms with Crippen molar-refractivity contribution in [1.82, 2.24) is 5.32 Å². The highest BCUT2D eigenvalue weighted by Gasteiger charge is 2.29. The maximum atomic E-state index is 12.4. The zero-order valence-corrected chi connectivity index (χ0v) is 11.9. The number of rotatable bonds is 6. The van der Waals surface area contributed by atoms with Gasteiger partial charge in [0.2, 0.25) is 0 Å². The van der Waals surface area contributed by atoms with Crippen LogP contribution in [0.2, 0.25) is 5.02 Å². The standard InChI is InChI=1S/C14H19ClF3N/c1-3-9-19-12(7-8-14(16,17)18)11-6-4-5-10(2)13(11)15/h4-6,12,19H,3,7-9H2,1-2H3. The van der Waals surface area contributed by atoms with E-state index in [1.807, 2.05) is 26.0 Å². The zero-order chi connectivity index (χ0) is 14.5. The first-order valence-corrected chi connectivity index (χ1v) is 6.78. The van der Waals surface area contributed by atoms with Gasteiger partial charge in [-0.25, -0.2) is 0 Å². The lowest BCUT2D eigenvalue weighted by molar-refractivity contribution is -0.136. The van der Waals surface area contributed by atoms with E-state index in [-0.39, 0.29) is 12.5 Å². The maximum absolute atomic E-state index is 12.4. The first kappa shape index (κ1) is 16.3. The maximum Gasteiger partial charge on any atom is 0.389 e. The van der Waals surface area contributed by atoms with Crippen LogP contribution in [0.15, 0.2) is 18.2 Å². The van der Waals surface area contributed by atoms with Gasteiger partial charge >= 0.3 is 6.18 Å². The van der Waals surface area contributed by atoms with Gasteiger partial charge in [0, 0.05) is 17.5 Å². The summed E-state index contributed by atoms with van der Waals surface area (Å²) in [5.74, 6) is 0. The second kappa shape index (κ2) is 7.15. The molecule has 0 aliphatic rings. The summed E-state index contributed by atoms with van der Waals surface area (Å²) in [6, 6.07) is 5.12. The van der Waals surface area contributed by atoms with Gasteiger partial charge < -0.3 is 5.32 Å². The molecule has 19 heavy (non-hydrogen) atoms. The molecule has 0 spiro atoms. The highest BCUT2D eigenvalue weighted by molar-refractivity contribution is 6.32. The molecule has 0 amide bonds. The predicted molar refractivity (Wildman–Crippen MR) is 72.5 cm³/mol. The molecular weight excluding hydrogens is 275 g/mol. The van der Waals surface area contributed by atoms with Gasteiger partial charge in [0.1, 0.15) is 0 Å². The lowest BCUT2D eigenvalue weighted by Gasteiger charge is -2.21. The molecule has 0 aliphatic carbocycles. The van der Waals surface area contributed by atoms with Crippen LogP contribution in [0.4, 0.5) is 13.2 Å². The molecule has 108 valence electrons. The van der Waals surface area contributed by atoms with E-state index in [1.165, 1.54) is 0 Å². The molecular formula is C14H19ClF3N. The van der Waals surface area contributed by atoms with Gasteiger partial charge in [0.05, 0.1) is 0 Å². The second-order valence-corrected chi connectivity index (χ2v) is 5.02. The fourth-order valence-corrected chi connectivity index (χ4v) is 2.19. The van der Waals surface area contributed by atoms with Gasteiger partial charge in [0.25, 0.3) is 0 Å². The number of hydrogen-bond donors (Lipinski definition) is 1. The summed E-state index contributed by atoms with van der Waals surface area (Å²) >= 11 is 6.20. The van der Waals surface area contributed by atoms with E-state index >= 15 is 0 Å². The molecule has 1 aromatic rings. The Morgan fingerprint density at radius 1 is 1.32 bits per heavy atom. The average Bonchev–Trinajstić information content (AvgIpc) is 2.32. The molecule has 1 nitrogen and oxygen atoms in total. The molecule has 0 radical (unpaired) electrons.